The number of nitrogens with zero attached hydrogens (tertiary/aromatic N) is 2. The third-order valence-electron chi connectivity index (χ3n) is 2.18. The van der Waals surface area contributed by atoms with Gasteiger partial charge in [0.25, 0.3) is 0 Å². The molecule has 0 spiro atoms. The van der Waals surface area contributed by atoms with Crippen molar-refractivity contribution in [2.45, 2.75) is 19.9 Å². The maximum Gasteiger partial charge on any atom is 0.153 e. The lowest BCUT2D eigenvalue weighted by Crippen LogP contribution is -1.96. The molecule has 16 heavy (non-hydrogen) atoms. The van der Waals surface area contributed by atoms with Crippen LogP contribution in [-0.4, -0.2) is 16.1 Å². The summed E-state index contributed by atoms with van der Waals surface area (Å²) in [5.41, 5.74) is 1.43. The SMILES string of the molecule is CCCn1cc(C=O)c(-c2ccc(Br)s2)n1. The first kappa shape index (κ1) is 11.5. The number of carbonyl (C=O) groups is 1. The maximum atomic E-state index is 11.0. The van der Waals surface area contributed by atoms with Gasteiger partial charge in [0.2, 0.25) is 0 Å². The molecule has 0 saturated carbocycles. The molecular formula is C11H11BrN2OS. The zero-order valence-corrected chi connectivity index (χ0v) is 11.2. The van der Waals surface area contributed by atoms with Crippen LogP contribution in [0.4, 0.5) is 0 Å². The Balaban J connectivity index is 2.42. The fourth-order valence-electron chi connectivity index (χ4n) is 1.50. The second-order valence-corrected chi connectivity index (χ2v) is 5.88. The molecule has 3 nitrogen and oxygen atoms in total. The van der Waals surface area contributed by atoms with Crippen molar-refractivity contribution < 1.29 is 4.79 Å². The van der Waals surface area contributed by atoms with E-state index in [4.69, 9.17) is 0 Å². The summed E-state index contributed by atoms with van der Waals surface area (Å²) in [5, 5.41) is 4.43. The van der Waals surface area contributed by atoms with Crippen molar-refractivity contribution in [3.8, 4) is 10.6 Å². The molecule has 0 radical (unpaired) electrons. The first-order valence-electron chi connectivity index (χ1n) is 5.03. The molecule has 0 aromatic carbocycles. The molecule has 0 amide bonds. The average molecular weight is 299 g/mol. The fraction of sp³-hybridized carbons (Fsp3) is 0.273. The highest BCUT2D eigenvalue weighted by atomic mass is 79.9. The van der Waals surface area contributed by atoms with Gasteiger partial charge in [-0.2, -0.15) is 5.10 Å². The number of hydrogen-bond acceptors (Lipinski definition) is 3. The largest absolute Gasteiger partial charge is 0.298 e. The quantitative estimate of drug-likeness (QED) is 0.809. The smallest absolute Gasteiger partial charge is 0.153 e. The van der Waals surface area contributed by atoms with Gasteiger partial charge in [0.05, 0.1) is 14.2 Å². The molecule has 0 atom stereocenters. The van der Waals surface area contributed by atoms with Gasteiger partial charge in [0.1, 0.15) is 5.69 Å². The minimum absolute atomic E-state index is 0.655. The Hall–Kier alpha value is -0.940. The van der Waals surface area contributed by atoms with Crippen molar-refractivity contribution in [2.24, 2.45) is 0 Å². The van der Waals surface area contributed by atoms with Crippen LogP contribution in [-0.2, 0) is 6.54 Å². The van der Waals surface area contributed by atoms with Crippen molar-refractivity contribution in [3.05, 3.63) is 27.7 Å². The highest BCUT2D eigenvalue weighted by molar-refractivity contribution is 9.11. The first-order chi connectivity index (χ1) is 7.74. The summed E-state index contributed by atoms with van der Waals surface area (Å²) < 4.78 is 2.87. The number of rotatable bonds is 4. The lowest BCUT2D eigenvalue weighted by atomic mass is 10.2. The lowest BCUT2D eigenvalue weighted by Gasteiger charge is -1.95. The Morgan fingerprint density at radius 3 is 2.94 bits per heavy atom. The molecule has 0 aliphatic carbocycles. The molecule has 0 bridgehead atoms. The number of aryl methyl sites for hydroxylation is 1. The van der Waals surface area contributed by atoms with Crippen molar-refractivity contribution in [3.63, 3.8) is 0 Å². The molecule has 2 aromatic rings. The molecule has 84 valence electrons. The summed E-state index contributed by atoms with van der Waals surface area (Å²) in [4.78, 5) is 12.0. The van der Waals surface area contributed by atoms with E-state index < -0.39 is 0 Å². The van der Waals surface area contributed by atoms with Gasteiger partial charge < -0.3 is 0 Å². The third kappa shape index (κ3) is 2.25. The van der Waals surface area contributed by atoms with E-state index in [0.29, 0.717) is 5.56 Å². The summed E-state index contributed by atoms with van der Waals surface area (Å²) in [6, 6.07) is 3.94. The van der Waals surface area contributed by atoms with Crippen LogP contribution in [0.25, 0.3) is 10.6 Å². The van der Waals surface area contributed by atoms with E-state index in [1.807, 2.05) is 16.8 Å². The molecule has 2 rings (SSSR count). The molecule has 5 heteroatoms. The Labute approximate surface area is 106 Å². The van der Waals surface area contributed by atoms with E-state index in [-0.39, 0.29) is 0 Å². The predicted octanol–water partition coefficient (Wildman–Crippen LogP) is 3.60. The number of hydrogen-bond donors (Lipinski definition) is 0. The second-order valence-electron chi connectivity index (χ2n) is 3.42. The van der Waals surface area contributed by atoms with Gasteiger partial charge in [0, 0.05) is 12.7 Å². The van der Waals surface area contributed by atoms with E-state index in [9.17, 15) is 4.79 Å². The fourth-order valence-corrected chi connectivity index (χ4v) is 2.89. The highest BCUT2D eigenvalue weighted by Gasteiger charge is 2.12. The average Bonchev–Trinajstić information content (AvgIpc) is 2.84. The van der Waals surface area contributed by atoms with E-state index in [1.54, 1.807) is 17.5 Å². The minimum Gasteiger partial charge on any atom is -0.298 e. The minimum atomic E-state index is 0.655. The molecule has 2 heterocycles. The van der Waals surface area contributed by atoms with Crippen molar-refractivity contribution in [1.82, 2.24) is 9.78 Å². The molecular weight excluding hydrogens is 288 g/mol. The third-order valence-corrected chi connectivity index (χ3v) is 3.81. The lowest BCUT2D eigenvalue weighted by molar-refractivity contribution is 0.112. The molecule has 2 aromatic heterocycles. The van der Waals surface area contributed by atoms with Gasteiger partial charge in [-0.25, -0.2) is 0 Å². The number of halogens is 1. The summed E-state index contributed by atoms with van der Waals surface area (Å²) in [6.45, 7) is 2.93. The molecule has 0 fully saturated rings. The van der Waals surface area contributed by atoms with Gasteiger partial charge in [-0.1, -0.05) is 6.92 Å². The highest BCUT2D eigenvalue weighted by Crippen LogP contribution is 2.31. The van der Waals surface area contributed by atoms with Crippen LogP contribution in [0.3, 0.4) is 0 Å². The van der Waals surface area contributed by atoms with Crippen molar-refractivity contribution in [1.29, 1.82) is 0 Å². The predicted molar refractivity (Wildman–Crippen MR) is 68.9 cm³/mol. The van der Waals surface area contributed by atoms with Crippen LogP contribution < -0.4 is 0 Å². The van der Waals surface area contributed by atoms with E-state index in [1.165, 1.54) is 0 Å². The van der Waals surface area contributed by atoms with Gasteiger partial charge in [-0.15, -0.1) is 11.3 Å². The Morgan fingerprint density at radius 2 is 2.38 bits per heavy atom. The monoisotopic (exact) mass is 298 g/mol. The van der Waals surface area contributed by atoms with Crippen LogP contribution in [0.5, 0.6) is 0 Å². The summed E-state index contributed by atoms with van der Waals surface area (Å²) in [5.74, 6) is 0. The van der Waals surface area contributed by atoms with Crippen LogP contribution in [0, 0.1) is 0 Å². The maximum absolute atomic E-state index is 11.0. The molecule has 0 N–H and O–H groups in total. The second kappa shape index (κ2) is 4.93. The van der Waals surface area contributed by atoms with Gasteiger partial charge in [0.15, 0.2) is 6.29 Å². The van der Waals surface area contributed by atoms with E-state index >= 15 is 0 Å². The Kier molecular flexibility index (Phi) is 3.56. The van der Waals surface area contributed by atoms with Crippen LogP contribution in [0.2, 0.25) is 0 Å². The summed E-state index contributed by atoms with van der Waals surface area (Å²) in [7, 11) is 0. The van der Waals surface area contributed by atoms with Crippen LogP contribution >= 0.6 is 27.3 Å². The zero-order valence-electron chi connectivity index (χ0n) is 8.81. The Morgan fingerprint density at radius 1 is 1.56 bits per heavy atom. The normalized spacial score (nSPS) is 10.6. The summed E-state index contributed by atoms with van der Waals surface area (Å²) in [6.07, 6.45) is 3.68. The van der Waals surface area contributed by atoms with Crippen molar-refractivity contribution >= 4 is 33.6 Å². The van der Waals surface area contributed by atoms with Crippen molar-refractivity contribution in [2.75, 3.05) is 0 Å². The first-order valence-corrected chi connectivity index (χ1v) is 6.64. The van der Waals surface area contributed by atoms with Gasteiger partial charge >= 0.3 is 0 Å². The number of aldehydes is 1. The van der Waals surface area contributed by atoms with Crippen LogP contribution in [0.1, 0.15) is 23.7 Å². The molecule has 0 aliphatic rings. The van der Waals surface area contributed by atoms with E-state index in [2.05, 4.69) is 28.0 Å². The van der Waals surface area contributed by atoms with E-state index in [0.717, 1.165) is 33.6 Å². The van der Waals surface area contributed by atoms with Gasteiger partial charge in [-0.05, 0) is 34.5 Å². The number of carbonyl (C=O) groups excluding carboxylic acids is 1. The molecule has 0 saturated heterocycles. The van der Waals surface area contributed by atoms with Gasteiger partial charge in [-0.3, -0.25) is 9.48 Å². The molecule has 0 aliphatic heterocycles. The summed E-state index contributed by atoms with van der Waals surface area (Å²) >= 11 is 4.99. The number of aromatic nitrogens is 2. The zero-order chi connectivity index (χ0) is 11.5. The molecule has 0 unspecified atom stereocenters. The topological polar surface area (TPSA) is 34.9 Å². The standard InChI is InChI=1S/C11H11BrN2OS/c1-2-5-14-6-8(7-15)11(13-14)9-3-4-10(12)16-9/h3-4,6-7H,2,5H2,1H3. The number of thiophene rings is 1. The Bertz CT molecular complexity index is 504. The van der Waals surface area contributed by atoms with Crippen LogP contribution in [0.15, 0.2) is 22.1 Å².